The molecule has 2 aromatic rings. The van der Waals surface area contributed by atoms with Crippen molar-refractivity contribution in [3.8, 4) is 22.6 Å². The summed E-state index contributed by atoms with van der Waals surface area (Å²) < 4.78 is 27.0. The molecule has 1 aliphatic carbocycles. The van der Waals surface area contributed by atoms with Crippen LogP contribution in [0.4, 0.5) is 4.39 Å². The summed E-state index contributed by atoms with van der Waals surface area (Å²) in [5.41, 5.74) is 0.482. The third-order valence-electron chi connectivity index (χ3n) is 7.67. The van der Waals surface area contributed by atoms with Gasteiger partial charge in [-0.15, -0.1) is 0 Å². The number of rotatable bonds is 16. The van der Waals surface area contributed by atoms with E-state index in [1.54, 1.807) is 24.3 Å². The number of unbranched alkanes of at least 4 members (excludes halogenated alkanes) is 4. The molecule has 0 amide bonds. The molecule has 0 heterocycles. The molecule has 5 heteroatoms. The molecule has 4 nitrogen and oxygen atoms in total. The van der Waals surface area contributed by atoms with E-state index >= 15 is 4.39 Å². The number of carbonyl (C=O) groups is 1. The van der Waals surface area contributed by atoms with Crippen molar-refractivity contribution >= 4 is 5.97 Å². The molecule has 0 aromatic heterocycles. The molecule has 2 aromatic carbocycles. The smallest absolute Gasteiger partial charge is 0.336 e. The van der Waals surface area contributed by atoms with Gasteiger partial charge in [0.15, 0.2) is 11.6 Å². The third kappa shape index (κ3) is 9.05. The van der Waals surface area contributed by atoms with Gasteiger partial charge < -0.3 is 14.6 Å². The fourth-order valence-corrected chi connectivity index (χ4v) is 5.51. The number of hydrogen-bond donors (Lipinski definition) is 1. The zero-order valence-electron chi connectivity index (χ0n) is 22.8. The fourth-order valence-electron chi connectivity index (χ4n) is 5.51. The largest absolute Gasteiger partial charge is 0.494 e. The van der Waals surface area contributed by atoms with Crippen LogP contribution in [0.3, 0.4) is 0 Å². The third-order valence-corrected chi connectivity index (χ3v) is 7.67. The fraction of sp³-hybridized carbons (Fsp3) is 0.594. The van der Waals surface area contributed by atoms with Crippen LogP contribution in [0.2, 0.25) is 0 Å². The van der Waals surface area contributed by atoms with Crippen LogP contribution in [0.25, 0.3) is 11.1 Å². The van der Waals surface area contributed by atoms with E-state index in [9.17, 15) is 9.90 Å². The maximum Gasteiger partial charge on any atom is 0.336 e. The Morgan fingerprint density at radius 3 is 2.11 bits per heavy atom. The Bertz CT molecular complexity index is 948. The van der Waals surface area contributed by atoms with Crippen molar-refractivity contribution in [2.24, 2.45) is 11.8 Å². The van der Waals surface area contributed by atoms with Gasteiger partial charge in [-0.05, 0) is 60.9 Å². The van der Waals surface area contributed by atoms with E-state index in [4.69, 9.17) is 9.47 Å². The molecule has 37 heavy (non-hydrogen) atoms. The SMILES string of the molecule is CCCCCCCOc1ccc(C(=O)O)c(-c2ccc(OCCCC3CCC(CCC)CC3)cc2)c1F. The van der Waals surface area contributed by atoms with E-state index in [0.29, 0.717) is 24.5 Å². The van der Waals surface area contributed by atoms with Gasteiger partial charge in [-0.1, -0.05) is 90.2 Å². The van der Waals surface area contributed by atoms with Crippen LogP contribution in [-0.4, -0.2) is 24.3 Å². The average molecular weight is 513 g/mol. The Balaban J connectivity index is 1.53. The summed E-state index contributed by atoms with van der Waals surface area (Å²) in [6, 6.07) is 9.87. The first-order valence-electron chi connectivity index (χ1n) is 14.4. The van der Waals surface area contributed by atoms with Gasteiger partial charge in [0.1, 0.15) is 5.75 Å². The first-order valence-corrected chi connectivity index (χ1v) is 14.4. The quantitative estimate of drug-likeness (QED) is 0.228. The van der Waals surface area contributed by atoms with Crippen molar-refractivity contribution in [2.75, 3.05) is 13.2 Å². The highest BCUT2D eigenvalue weighted by atomic mass is 19.1. The Labute approximate surface area is 222 Å². The van der Waals surface area contributed by atoms with Crippen LogP contribution >= 0.6 is 0 Å². The number of aromatic carboxylic acids is 1. The minimum Gasteiger partial charge on any atom is -0.494 e. The average Bonchev–Trinajstić information content (AvgIpc) is 2.90. The van der Waals surface area contributed by atoms with E-state index < -0.39 is 11.8 Å². The van der Waals surface area contributed by atoms with Crippen LogP contribution in [0.15, 0.2) is 36.4 Å². The minimum atomic E-state index is -1.16. The Morgan fingerprint density at radius 2 is 1.46 bits per heavy atom. The highest BCUT2D eigenvalue weighted by Crippen LogP contribution is 2.35. The van der Waals surface area contributed by atoms with Crippen molar-refractivity contribution in [1.82, 2.24) is 0 Å². The molecule has 0 radical (unpaired) electrons. The molecule has 3 rings (SSSR count). The van der Waals surface area contributed by atoms with Gasteiger partial charge in [0.05, 0.1) is 18.8 Å². The highest BCUT2D eigenvalue weighted by molar-refractivity contribution is 5.96. The first-order chi connectivity index (χ1) is 18.0. The van der Waals surface area contributed by atoms with Gasteiger partial charge in [-0.3, -0.25) is 0 Å². The van der Waals surface area contributed by atoms with Crippen molar-refractivity contribution in [2.45, 2.75) is 97.3 Å². The number of benzene rings is 2. The summed E-state index contributed by atoms with van der Waals surface area (Å²) in [5, 5.41) is 9.65. The zero-order valence-corrected chi connectivity index (χ0v) is 22.8. The lowest BCUT2D eigenvalue weighted by Crippen LogP contribution is -2.15. The van der Waals surface area contributed by atoms with E-state index in [-0.39, 0.29) is 16.9 Å². The molecule has 204 valence electrons. The molecule has 0 bridgehead atoms. The maximum absolute atomic E-state index is 15.4. The summed E-state index contributed by atoms with van der Waals surface area (Å²) in [5.74, 6) is 0.777. The molecule has 0 saturated heterocycles. The number of carboxylic acid groups (broad SMARTS) is 1. The standard InChI is InChI=1S/C32H45FO4/c1-3-5-6-7-8-22-37-29-21-20-28(32(34)35)30(31(29)33)26-16-18-27(19-17-26)36-23-9-11-25-14-12-24(10-4-2)13-15-25/h16-21,24-25H,3-15,22-23H2,1-2H3,(H,34,35). The number of carboxylic acids is 1. The number of halogens is 1. The number of ether oxygens (including phenoxy) is 2. The molecule has 0 aliphatic heterocycles. The predicted molar refractivity (Wildman–Crippen MR) is 148 cm³/mol. The molecule has 0 spiro atoms. The molecular weight excluding hydrogens is 467 g/mol. The lowest BCUT2D eigenvalue weighted by Gasteiger charge is -2.28. The van der Waals surface area contributed by atoms with Crippen molar-refractivity contribution in [1.29, 1.82) is 0 Å². The molecule has 1 aliphatic rings. The van der Waals surface area contributed by atoms with Crippen LogP contribution in [0, 0.1) is 17.7 Å². The van der Waals surface area contributed by atoms with Gasteiger partial charge in [-0.2, -0.15) is 0 Å². The normalized spacial score (nSPS) is 17.5. The van der Waals surface area contributed by atoms with E-state index in [1.165, 1.54) is 69.9 Å². The highest BCUT2D eigenvalue weighted by Gasteiger charge is 2.21. The zero-order chi connectivity index (χ0) is 26.5. The lowest BCUT2D eigenvalue weighted by molar-refractivity contribution is 0.0697. The second kappa shape index (κ2) is 15.6. The number of hydrogen-bond acceptors (Lipinski definition) is 3. The van der Waals surface area contributed by atoms with Gasteiger partial charge >= 0.3 is 5.97 Å². The Hall–Kier alpha value is -2.56. The molecule has 0 atom stereocenters. The lowest BCUT2D eigenvalue weighted by atomic mass is 9.78. The van der Waals surface area contributed by atoms with Gasteiger partial charge in [0.2, 0.25) is 0 Å². The Kier molecular flexibility index (Phi) is 12.3. The summed E-state index contributed by atoms with van der Waals surface area (Å²) in [6.45, 7) is 5.51. The van der Waals surface area contributed by atoms with Crippen LogP contribution in [0.5, 0.6) is 11.5 Å². The van der Waals surface area contributed by atoms with Crippen LogP contribution in [0.1, 0.15) is 108 Å². The molecule has 1 N–H and O–H groups in total. The molecule has 1 saturated carbocycles. The second-order valence-corrected chi connectivity index (χ2v) is 10.6. The molecule has 1 fully saturated rings. The van der Waals surface area contributed by atoms with E-state index in [1.807, 2.05) is 0 Å². The van der Waals surface area contributed by atoms with E-state index in [2.05, 4.69) is 13.8 Å². The second-order valence-electron chi connectivity index (χ2n) is 10.6. The topological polar surface area (TPSA) is 55.8 Å². The first kappa shape index (κ1) is 29.0. The minimum absolute atomic E-state index is 0.0567. The van der Waals surface area contributed by atoms with Crippen molar-refractivity contribution in [3.63, 3.8) is 0 Å². The van der Waals surface area contributed by atoms with Crippen molar-refractivity contribution < 1.29 is 23.8 Å². The molecule has 0 unspecified atom stereocenters. The van der Waals surface area contributed by atoms with Gasteiger partial charge in [0.25, 0.3) is 0 Å². The van der Waals surface area contributed by atoms with Gasteiger partial charge in [0, 0.05) is 5.56 Å². The van der Waals surface area contributed by atoms with Crippen LogP contribution in [-0.2, 0) is 0 Å². The molecular formula is C32H45FO4. The van der Waals surface area contributed by atoms with E-state index in [0.717, 1.165) is 37.5 Å². The monoisotopic (exact) mass is 512 g/mol. The predicted octanol–water partition coefficient (Wildman–Crippen LogP) is 9.31. The summed E-state index contributed by atoms with van der Waals surface area (Å²) in [6.07, 6.45) is 15.7. The summed E-state index contributed by atoms with van der Waals surface area (Å²) in [4.78, 5) is 11.8. The Morgan fingerprint density at radius 1 is 0.811 bits per heavy atom. The van der Waals surface area contributed by atoms with Crippen molar-refractivity contribution in [3.05, 3.63) is 47.8 Å². The van der Waals surface area contributed by atoms with Crippen LogP contribution < -0.4 is 9.47 Å². The summed E-state index contributed by atoms with van der Waals surface area (Å²) in [7, 11) is 0. The summed E-state index contributed by atoms with van der Waals surface area (Å²) >= 11 is 0. The maximum atomic E-state index is 15.4. The van der Waals surface area contributed by atoms with Gasteiger partial charge in [-0.25, -0.2) is 9.18 Å².